The van der Waals surface area contributed by atoms with Crippen molar-refractivity contribution in [3.63, 3.8) is 0 Å². The second-order valence-electron chi connectivity index (χ2n) is 8.57. The molecule has 2 fully saturated rings. The van der Waals surface area contributed by atoms with Crippen LogP contribution in [0.2, 0.25) is 0 Å². The lowest BCUT2D eigenvalue weighted by atomic mass is 9.75. The fraction of sp³-hybridized carbons (Fsp3) is 0.550. The van der Waals surface area contributed by atoms with Crippen molar-refractivity contribution in [2.75, 3.05) is 32.8 Å². The minimum Gasteiger partial charge on any atom is -0.456 e. The van der Waals surface area contributed by atoms with E-state index in [0.717, 1.165) is 0 Å². The molecule has 3 atom stereocenters. The zero-order valence-corrected chi connectivity index (χ0v) is 18.0. The predicted octanol–water partition coefficient (Wildman–Crippen LogP) is -0.421. The van der Waals surface area contributed by atoms with E-state index in [1.807, 2.05) is 0 Å². The molecule has 174 valence electrons. The van der Waals surface area contributed by atoms with Crippen LogP contribution in [0.4, 0.5) is 4.39 Å². The Labute approximate surface area is 188 Å². The molecule has 3 aliphatic rings. The number of piperidine rings is 1. The van der Waals surface area contributed by atoms with Crippen LogP contribution in [0.25, 0.3) is 5.82 Å². The fourth-order valence-electron chi connectivity index (χ4n) is 4.73. The molecule has 2 aromatic heterocycles. The van der Waals surface area contributed by atoms with Crippen LogP contribution in [0.1, 0.15) is 31.6 Å². The third-order valence-electron chi connectivity index (χ3n) is 6.78. The number of β-amino-alcohol motifs (C(OH)–C–C–N with tert-alkyl or cyclic N) is 1. The highest BCUT2D eigenvalue weighted by molar-refractivity contribution is 5.94. The molecule has 13 heteroatoms. The topological polar surface area (TPSA) is 139 Å². The van der Waals surface area contributed by atoms with Gasteiger partial charge in [0.2, 0.25) is 5.91 Å². The van der Waals surface area contributed by atoms with Gasteiger partial charge < -0.3 is 14.7 Å². The van der Waals surface area contributed by atoms with Gasteiger partial charge in [-0.05, 0) is 48.9 Å². The van der Waals surface area contributed by atoms with Gasteiger partial charge in [0.05, 0.1) is 22.4 Å². The molecule has 0 radical (unpaired) electrons. The number of esters is 1. The zero-order chi connectivity index (χ0) is 23.2. The number of carbonyl (C=O) groups excluding carboxylic acids is 2. The van der Waals surface area contributed by atoms with Crippen LogP contribution in [0, 0.1) is 5.41 Å². The summed E-state index contributed by atoms with van der Waals surface area (Å²) in [6.07, 6.45) is -0.249. The number of nitrogens with zero attached hydrogens (tertiary/aromatic N) is 8. The molecule has 3 aliphatic heterocycles. The minimum atomic E-state index is -1.39. The summed E-state index contributed by atoms with van der Waals surface area (Å²) < 4.78 is 21.8. The van der Waals surface area contributed by atoms with E-state index in [0.29, 0.717) is 48.7 Å². The molecule has 5 rings (SSSR count). The number of hydrogen-bond donors (Lipinski definition) is 1. The van der Waals surface area contributed by atoms with Gasteiger partial charge in [0.1, 0.15) is 25.2 Å². The minimum absolute atomic E-state index is 0.0280. The highest BCUT2D eigenvalue weighted by Crippen LogP contribution is 2.45. The quantitative estimate of drug-likeness (QED) is 0.588. The van der Waals surface area contributed by atoms with Crippen molar-refractivity contribution >= 4 is 11.9 Å². The Kier molecular flexibility index (Phi) is 5.37. The van der Waals surface area contributed by atoms with Gasteiger partial charge in [-0.2, -0.15) is 9.78 Å². The third kappa shape index (κ3) is 3.66. The Bertz CT molecular complexity index is 1090. The number of aliphatic hydroxyl groups excluding tert-OH is 1. The number of likely N-dealkylation sites (tertiary alicyclic amines) is 2. The van der Waals surface area contributed by atoms with Crippen molar-refractivity contribution in [2.45, 2.75) is 32.0 Å². The molecule has 1 N–H and O–H groups in total. The van der Waals surface area contributed by atoms with Gasteiger partial charge in [0, 0.05) is 19.6 Å². The van der Waals surface area contributed by atoms with Crippen LogP contribution in [-0.4, -0.2) is 96.1 Å². The predicted molar refractivity (Wildman–Crippen MR) is 108 cm³/mol. The summed E-state index contributed by atoms with van der Waals surface area (Å²) in [5.41, 5.74) is 0.186. The van der Waals surface area contributed by atoms with E-state index in [9.17, 15) is 14.7 Å². The molecule has 3 unspecified atom stereocenters. The monoisotopic (exact) mass is 458 g/mol. The van der Waals surface area contributed by atoms with Crippen LogP contribution in [0.5, 0.6) is 0 Å². The van der Waals surface area contributed by atoms with Crippen molar-refractivity contribution in [3.8, 4) is 5.82 Å². The summed E-state index contributed by atoms with van der Waals surface area (Å²) >= 11 is 0. The van der Waals surface area contributed by atoms with E-state index in [-0.39, 0.29) is 25.6 Å². The molecule has 2 aromatic rings. The number of cyclic esters (lactones) is 1. The van der Waals surface area contributed by atoms with E-state index >= 15 is 4.39 Å². The number of halogens is 1. The summed E-state index contributed by atoms with van der Waals surface area (Å²) in [5, 5.41) is 29.4. The van der Waals surface area contributed by atoms with E-state index in [4.69, 9.17) is 4.74 Å². The average molecular weight is 458 g/mol. The first kappa shape index (κ1) is 21.5. The molecule has 0 aliphatic carbocycles. The first-order valence-electron chi connectivity index (χ1n) is 10.7. The van der Waals surface area contributed by atoms with Crippen LogP contribution >= 0.6 is 0 Å². The van der Waals surface area contributed by atoms with Gasteiger partial charge in [-0.1, -0.05) is 0 Å². The van der Waals surface area contributed by atoms with E-state index in [1.165, 1.54) is 15.9 Å². The molecule has 1 spiro atoms. The zero-order valence-electron chi connectivity index (χ0n) is 18.0. The number of ether oxygens (including phenoxy) is 1. The number of alkyl halides is 1. The lowest BCUT2D eigenvalue weighted by Gasteiger charge is -2.41. The van der Waals surface area contributed by atoms with Crippen molar-refractivity contribution in [1.29, 1.82) is 0 Å². The van der Waals surface area contributed by atoms with Gasteiger partial charge in [-0.15, -0.1) is 10.2 Å². The summed E-state index contributed by atoms with van der Waals surface area (Å²) in [4.78, 5) is 28.2. The number of aliphatic hydroxyl groups is 1. The van der Waals surface area contributed by atoms with Gasteiger partial charge in [0.15, 0.2) is 5.82 Å². The number of hydrogen-bond acceptors (Lipinski definition) is 10. The summed E-state index contributed by atoms with van der Waals surface area (Å²) in [7, 11) is 0. The van der Waals surface area contributed by atoms with Gasteiger partial charge >= 0.3 is 5.97 Å². The van der Waals surface area contributed by atoms with Crippen LogP contribution in [0.15, 0.2) is 29.7 Å². The molecular formula is C20H23FN8O4. The van der Waals surface area contributed by atoms with Gasteiger partial charge in [-0.3, -0.25) is 9.69 Å². The molecule has 1 amide bonds. The maximum atomic E-state index is 15.4. The number of carbonyl (C=O) groups is 2. The van der Waals surface area contributed by atoms with E-state index in [2.05, 4.69) is 25.7 Å². The number of tetrazole rings is 1. The summed E-state index contributed by atoms with van der Waals surface area (Å²) in [6, 6.07) is 3.25. The molecular weight excluding hydrogens is 435 g/mol. The number of rotatable bonds is 5. The molecule has 5 heterocycles. The van der Waals surface area contributed by atoms with Crippen molar-refractivity contribution in [3.05, 3.63) is 35.4 Å². The Balaban J connectivity index is 1.22. The van der Waals surface area contributed by atoms with Crippen molar-refractivity contribution in [2.24, 2.45) is 5.41 Å². The maximum absolute atomic E-state index is 15.4. The molecule has 0 bridgehead atoms. The Hall–Kier alpha value is -3.32. The maximum Gasteiger partial charge on any atom is 0.336 e. The van der Waals surface area contributed by atoms with E-state index < -0.39 is 23.7 Å². The standard InChI is InChI=1S/C20H23FN8O4/c1-12-14(10-33-18(12)31)28-7-5-20(19(28)32)4-6-27(9-16(20)21)8-15(30)13-2-3-17(24-23-13)29-11-22-25-26-29/h2-3,11,15-16,30H,4-10H2,1H3. The molecule has 0 aromatic carbocycles. The number of amides is 1. The molecule has 0 saturated carbocycles. The van der Waals surface area contributed by atoms with Crippen molar-refractivity contribution in [1.82, 2.24) is 40.2 Å². The highest BCUT2D eigenvalue weighted by atomic mass is 19.1. The molecule has 33 heavy (non-hydrogen) atoms. The van der Waals surface area contributed by atoms with Gasteiger partial charge in [0.25, 0.3) is 0 Å². The first-order valence-corrected chi connectivity index (χ1v) is 10.7. The molecule has 12 nitrogen and oxygen atoms in total. The molecule has 2 saturated heterocycles. The van der Waals surface area contributed by atoms with Gasteiger partial charge in [-0.25, -0.2) is 9.18 Å². The number of aromatic nitrogens is 6. The Morgan fingerprint density at radius 1 is 1.27 bits per heavy atom. The summed E-state index contributed by atoms with van der Waals surface area (Å²) in [5.74, 6) is -0.316. The third-order valence-corrected chi connectivity index (χ3v) is 6.78. The van der Waals surface area contributed by atoms with Crippen LogP contribution < -0.4 is 0 Å². The largest absolute Gasteiger partial charge is 0.456 e. The lowest BCUT2D eigenvalue weighted by molar-refractivity contribution is -0.142. The first-order chi connectivity index (χ1) is 15.9. The summed E-state index contributed by atoms with van der Waals surface area (Å²) in [6.45, 7) is 2.70. The smallest absolute Gasteiger partial charge is 0.336 e. The van der Waals surface area contributed by atoms with Crippen LogP contribution in [-0.2, 0) is 14.3 Å². The Morgan fingerprint density at radius 2 is 2.09 bits per heavy atom. The van der Waals surface area contributed by atoms with E-state index in [1.54, 1.807) is 24.0 Å². The average Bonchev–Trinajstić information content (AvgIpc) is 3.54. The Morgan fingerprint density at radius 3 is 2.73 bits per heavy atom. The highest BCUT2D eigenvalue weighted by Gasteiger charge is 2.56. The van der Waals surface area contributed by atoms with Crippen molar-refractivity contribution < 1.29 is 23.8 Å². The fourth-order valence-corrected chi connectivity index (χ4v) is 4.73. The SMILES string of the molecule is CC1=C(N2CCC3(CCN(CC(O)c4ccc(-n5cnnn5)nn4)CC3F)C2=O)COC1=O. The normalized spacial score (nSPS) is 27.0. The van der Waals surface area contributed by atoms with Crippen LogP contribution in [0.3, 0.4) is 0 Å². The second-order valence-corrected chi connectivity index (χ2v) is 8.57. The lowest BCUT2D eigenvalue weighted by Crippen LogP contribution is -2.53. The second kappa shape index (κ2) is 8.23.